The molecule has 4 heteroatoms. The minimum absolute atomic E-state index is 0. The second kappa shape index (κ2) is 3.88. The van der Waals surface area contributed by atoms with Crippen molar-refractivity contribution in [3.63, 3.8) is 0 Å². The van der Waals surface area contributed by atoms with E-state index < -0.39 is 0 Å². The quantitative estimate of drug-likeness (QED) is 0.702. The fourth-order valence-corrected chi connectivity index (χ4v) is 1.00. The summed E-state index contributed by atoms with van der Waals surface area (Å²) in [6.07, 6.45) is 1.41. The van der Waals surface area contributed by atoms with Crippen molar-refractivity contribution >= 4 is 16.7 Å². The SMILES string of the molecule is [NH-]c1ncnc2ccccc12.[U]. The van der Waals surface area contributed by atoms with Gasteiger partial charge in [-0.2, -0.15) is 0 Å². The standard InChI is InChI=1S/C8H6N3.U/c9-8-6-3-1-2-4-7(6)10-5-11-8;/h1-5H,(H-,9,10,11);/q-1;. The summed E-state index contributed by atoms with van der Waals surface area (Å²) in [5, 5.41) is 0.801. The summed E-state index contributed by atoms with van der Waals surface area (Å²) < 4.78 is 0. The molecule has 1 heterocycles. The molecule has 12 heavy (non-hydrogen) atoms. The van der Waals surface area contributed by atoms with Gasteiger partial charge in [-0.15, -0.1) is 0 Å². The zero-order valence-corrected chi connectivity index (χ0v) is 10.4. The third-order valence-corrected chi connectivity index (χ3v) is 1.54. The fraction of sp³-hybridized carbons (Fsp3) is 0. The number of rotatable bonds is 0. The molecule has 0 aliphatic heterocycles. The van der Waals surface area contributed by atoms with E-state index in [1.165, 1.54) is 6.33 Å². The van der Waals surface area contributed by atoms with Crippen LogP contribution in [0.5, 0.6) is 0 Å². The van der Waals surface area contributed by atoms with Crippen LogP contribution in [0.1, 0.15) is 0 Å². The molecular weight excluding hydrogens is 376 g/mol. The molecule has 58 valence electrons. The second-order valence-corrected chi connectivity index (χ2v) is 2.24. The molecule has 1 aromatic carbocycles. The Labute approximate surface area is 93.8 Å². The molecule has 1 N–H and O–H groups in total. The summed E-state index contributed by atoms with van der Waals surface area (Å²) in [6.45, 7) is 0. The van der Waals surface area contributed by atoms with E-state index in [0.29, 0.717) is 0 Å². The summed E-state index contributed by atoms with van der Waals surface area (Å²) >= 11 is 0. The molecule has 2 aromatic rings. The van der Waals surface area contributed by atoms with Crippen LogP contribution in [-0.4, -0.2) is 9.97 Å². The normalized spacial score (nSPS) is 9.33. The van der Waals surface area contributed by atoms with Crippen molar-refractivity contribution in [2.24, 2.45) is 0 Å². The Morgan fingerprint density at radius 1 is 1.08 bits per heavy atom. The number of benzene rings is 1. The summed E-state index contributed by atoms with van der Waals surface area (Å²) in [5.74, 6) is 0.288. The monoisotopic (exact) mass is 382 g/mol. The third kappa shape index (κ3) is 1.60. The number of hydrogen-bond acceptors (Lipinski definition) is 2. The van der Waals surface area contributed by atoms with E-state index in [0.717, 1.165) is 10.9 Å². The maximum atomic E-state index is 7.41. The first-order valence-electron chi connectivity index (χ1n) is 3.29. The molecule has 0 amide bonds. The number of fused-ring (bicyclic) bond motifs is 1. The van der Waals surface area contributed by atoms with Gasteiger partial charge in [-0.3, -0.25) is 4.98 Å². The van der Waals surface area contributed by atoms with Crippen molar-refractivity contribution in [1.82, 2.24) is 9.97 Å². The molecule has 0 saturated carbocycles. The molecule has 0 spiro atoms. The van der Waals surface area contributed by atoms with Crippen LogP contribution >= 0.6 is 0 Å². The first kappa shape index (κ1) is 9.50. The van der Waals surface area contributed by atoms with E-state index in [4.69, 9.17) is 5.73 Å². The molecular formula is C8H6N3U-. The van der Waals surface area contributed by atoms with Crippen LogP contribution in [0.2, 0.25) is 0 Å². The van der Waals surface area contributed by atoms with Gasteiger partial charge in [0, 0.05) is 37.4 Å². The number of hydrogen-bond donors (Lipinski definition) is 0. The zero-order chi connectivity index (χ0) is 7.68. The van der Waals surface area contributed by atoms with Crippen molar-refractivity contribution in [2.45, 2.75) is 0 Å². The molecule has 0 fully saturated rings. The van der Waals surface area contributed by atoms with Crippen molar-refractivity contribution < 1.29 is 31.1 Å². The molecule has 0 bridgehead atoms. The average molecular weight is 382 g/mol. The summed E-state index contributed by atoms with van der Waals surface area (Å²) in [7, 11) is 0. The molecule has 0 radical (unpaired) electrons. The summed E-state index contributed by atoms with van der Waals surface area (Å²) in [4.78, 5) is 7.77. The number of para-hydroxylation sites is 1. The predicted octanol–water partition coefficient (Wildman–Crippen LogP) is 2.31. The van der Waals surface area contributed by atoms with Crippen molar-refractivity contribution in [3.8, 4) is 0 Å². The zero-order valence-electron chi connectivity index (χ0n) is 6.28. The van der Waals surface area contributed by atoms with Crippen LogP contribution in [0.15, 0.2) is 30.6 Å². The minimum Gasteiger partial charge on any atom is -0.481 e. The fourth-order valence-electron chi connectivity index (χ4n) is 1.00. The number of nitrogens with zero attached hydrogens (tertiary/aromatic N) is 2. The van der Waals surface area contributed by atoms with Gasteiger partial charge in [0.2, 0.25) is 0 Å². The van der Waals surface area contributed by atoms with Gasteiger partial charge >= 0.3 is 0 Å². The molecule has 1 aromatic heterocycles. The maximum Gasteiger partial charge on any atom is 0.0696 e. The summed E-state index contributed by atoms with van der Waals surface area (Å²) in [5.41, 5.74) is 8.24. The Hall–Kier alpha value is -0.588. The van der Waals surface area contributed by atoms with E-state index >= 15 is 0 Å². The van der Waals surface area contributed by atoms with Gasteiger partial charge in [-0.05, 0) is 11.5 Å². The van der Waals surface area contributed by atoms with E-state index in [9.17, 15) is 0 Å². The number of aromatic nitrogens is 2. The maximum absolute atomic E-state index is 7.41. The van der Waals surface area contributed by atoms with E-state index in [1.807, 2.05) is 24.3 Å². The van der Waals surface area contributed by atoms with Gasteiger partial charge in [-0.1, -0.05) is 24.0 Å². The Kier molecular flexibility index (Phi) is 3.07. The van der Waals surface area contributed by atoms with Gasteiger partial charge in [0.05, 0.1) is 5.52 Å². The first-order valence-corrected chi connectivity index (χ1v) is 3.29. The molecule has 2 rings (SSSR count). The average Bonchev–Trinajstić information content (AvgIpc) is 2.06. The minimum atomic E-state index is 0. The number of nitrogens with one attached hydrogen (secondary N) is 1. The van der Waals surface area contributed by atoms with Crippen LogP contribution in [0.4, 0.5) is 5.82 Å². The van der Waals surface area contributed by atoms with Gasteiger partial charge in [0.25, 0.3) is 0 Å². The molecule has 3 nitrogen and oxygen atoms in total. The Bertz CT molecular complexity index is 383. The Balaban J connectivity index is 0.000000720. The largest absolute Gasteiger partial charge is 0.481 e. The smallest absolute Gasteiger partial charge is 0.0696 e. The molecule has 0 saturated heterocycles. The topological polar surface area (TPSA) is 49.6 Å². The molecule has 0 unspecified atom stereocenters. The van der Waals surface area contributed by atoms with Crippen LogP contribution in [0.3, 0.4) is 0 Å². The van der Waals surface area contributed by atoms with Crippen molar-refractivity contribution in [1.29, 1.82) is 0 Å². The van der Waals surface area contributed by atoms with Crippen molar-refractivity contribution in [2.75, 3.05) is 0 Å². The van der Waals surface area contributed by atoms with Crippen LogP contribution in [0.25, 0.3) is 16.6 Å². The van der Waals surface area contributed by atoms with Crippen LogP contribution in [0, 0.1) is 31.1 Å². The molecule has 0 atom stereocenters. The van der Waals surface area contributed by atoms with E-state index in [2.05, 4.69) is 9.97 Å². The first-order chi connectivity index (χ1) is 5.38. The third-order valence-electron chi connectivity index (χ3n) is 1.54. The van der Waals surface area contributed by atoms with Crippen molar-refractivity contribution in [3.05, 3.63) is 36.3 Å². The summed E-state index contributed by atoms with van der Waals surface area (Å²) in [6, 6.07) is 7.49. The van der Waals surface area contributed by atoms with E-state index in [1.54, 1.807) is 0 Å². The molecule has 0 aliphatic carbocycles. The van der Waals surface area contributed by atoms with Gasteiger partial charge < -0.3 is 10.7 Å². The Morgan fingerprint density at radius 2 is 1.83 bits per heavy atom. The second-order valence-electron chi connectivity index (χ2n) is 2.24. The van der Waals surface area contributed by atoms with Gasteiger partial charge in [-0.25, -0.2) is 0 Å². The predicted molar refractivity (Wildman–Crippen MR) is 43.5 cm³/mol. The van der Waals surface area contributed by atoms with Crippen LogP contribution < -0.4 is 0 Å². The Morgan fingerprint density at radius 3 is 2.58 bits per heavy atom. The van der Waals surface area contributed by atoms with E-state index in [-0.39, 0.29) is 36.9 Å². The van der Waals surface area contributed by atoms with Crippen LogP contribution in [-0.2, 0) is 0 Å². The molecule has 0 aliphatic rings. The van der Waals surface area contributed by atoms with Gasteiger partial charge in [0.1, 0.15) is 0 Å². The van der Waals surface area contributed by atoms with Gasteiger partial charge in [0.15, 0.2) is 0 Å².